The van der Waals surface area contributed by atoms with Crippen LogP contribution in [0.2, 0.25) is 0 Å². The van der Waals surface area contributed by atoms with Crippen molar-refractivity contribution in [3.63, 3.8) is 0 Å². The molecule has 0 aliphatic heterocycles. The molecular formula is C23H28N4O2. The molecule has 0 aliphatic carbocycles. The minimum absolute atomic E-state index is 0.0272. The predicted octanol–water partition coefficient (Wildman–Crippen LogP) is 4.24. The van der Waals surface area contributed by atoms with Gasteiger partial charge in [0.2, 0.25) is 5.82 Å². The standard InChI is InChI=1S/C23H28N4O2/c1-5-15(4)24-23(29)21-25-20(18-13-8-9-14-27(18)21)22(28)26-19-16(6-2)11-10-12-17(19)7-3/h8-15H,5-7H2,1-4H3,(H,24,29)(H,26,28). The summed E-state index contributed by atoms with van der Waals surface area (Å²) in [6.45, 7) is 8.07. The van der Waals surface area contributed by atoms with Crippen LogP contribution in [0, 0.1) is 0 Å². The van der Waals surface area contributed by atoms with Gasteiger partial charge in [-0.1, -0.05) is 45.0 Å². The number of imidazole rings is 1. The Hall–Kier alpha value is -3.15. The van der Waals surface area contributed by atoms with Gasteiger partial charge in [-0.2, -0.15) is 0 Å². The molecule has 3 rings (SSSR count). The van der Waals surface area contributed by atoms with Gasteiger partial charge in [0.1, 0.15) is 0 Å². The molecule has 0 bridgehead atoms. The number of anilines is 1. The fraction of sp³-hybridized carbons (Fsp3) is 0.348. The number of benzene rings is 1. The lowest BCUT2D eigenvalue weighted by molar-refractivity contribution is 0.0928. The third-order valence-electron chi connectivity index (χ3n) is 5.19. The molecule has 0 spiro atoms. The number of amides is 2. The summed E-state index contributed by atoms with van der Waals surface area (Å²) in [6.07, 6.45) is 4.20. The van der Waals surface area contributed by atoms with Crippen LogP contribution in [0.1, 0.15) is 66.4 Å². The van der Waals surface area contributed by atoms with Gasteiger partial charge in [0.25, 0.3) is 11.8 Å². The Labute approximate surface area is 171 Å². The predicted molar refractivity (Wildman–Crippen MR) is 116 cm³/mol. The number of nitrogens with zero attached hydrogens (tertiary/aromatic N) is 2. The molecule has 1 atom stereocenters. The Bertz CT molecular complexity index is 1020. The lowest BCUT2D eigenvalue weighted by Gasteiger charge is -2.13. The second-order valence-electron chi connectivity index (χ2n) is 7.14. The second kappa shape index (κ2) is 8.90. The van der Waals surface area contributed by atoms with Gasteiger partial charge in [0, 0.05) is 17.9 Å². The van der Waals surface area contributed by atoms with Gasteiger partial charge in [-0.3, -0.25) is 14.0 Å². The number of aryl methyl sites for hydroxylation is 2. The molecule has 2 aromatic heterocycles. The molecule has 29 heavy (non-hydrogen) atoms. The van der Waals surface area contributed by atoms with E-state index >= 15 is 0 Å². The molecule has 2 amide bonds. The van der Waals surface area contributed by atoms with E-state index in [9.17, 15) is 9.59 Å². The smallest absolute Gasteiger partial charge is 0.287 e. The molecule has 2 N–H and O–H groups in total. The van der Waals surface area contributed by atoms with E-state index < -0.39 is 0 Å². The van der Waals surface area contributed by atoms with E-state index in [1.54, 1.807) is 16.7 Å². The third-order valence-corrected chi connectivity index (χ3v) is 5.19. The minimum Gasteiger partial charge on any atom is -0.347 e. The zero-order valence-corrected chi connectivity index (χ0v) is 17.5. The number of hydrogen-bond acceptors (Lipinski definition) is 3. The summed E-state index contributed by atoms with van der Waals surface area (Å²) in [6, 6.07) is 11.5. The van der Waals surface area contributed by atoms with Gasteiger partial charge < -0.3 is 10.6 Å². The van der Waals surface area contributed by atoms with Crippen LogP contribution in [0.25, 0.3) is 5.52 Å². The first-order chi connectivity index (χ1) is 14.0. The molecule has 152 valence electrons. The van der Waals surface area contributed by atoms with E-state index in [1.165, 1.54) is 0 Å². The van der Waals surface area contributed by atoms with Crippen LogP contribution in [-0.4, -0.2) is 27.2 Å². The van der Waals surface area contributed by atoms with Crippen LogP contribution in [-0.2, 0) is 12.8 Å². The average molecular weight is 393 g/mol. The van der Waals surface area contributed by atoms with Crippen molar-refractivity contribution in [1.82, 2.24) is 14.7 Å². The van der Waals surface area contributed by atoms with Crippen LogP contribution >= 0.6 is 0 Å². The number of nitrogens with one attached hydrogen (secondary N) is 2. The highest BCUT2D eigenvalue weighted by molar-refractivity contribution is 6.09. The number of aromatic nitrogens is 2. The number of hydrogen-bond donors (Lipinski definition) is 2. The van der Waals surface area contributed by atoms with Crippen molar-refractivity contribution < 1.29 is 9.59 Å². The Balaban J connectivity index is 2.01. The summed E-state index contributed by atoms with van der Waals surface area (Å²) in [4.78, 5) is 30.3. The molecular weight excluding hydrogens is 364 g/mol. The Morgan fingerprint density at radius 3 is 2.31 bits per heavy atom. The number of fused-ring (bicyclic) bond motifs is 1. The maximum atomic E-state index is 13.2. The van der Waals surface area contributed by atoms with E-state index in [0.717, 1.165) is 36.1 Å². The van der Waals surface area contributed by atoms with Crippen LogP contribution in [0.15, 0.2) is 42.6 Å². The fourth-order valence-electron chi connectivity index (χ4n) is 3.33. The maximum absolute atomic E-state index is 13.2. The van der Waals surface area contributed by atoms with Crippen LogP contribution in [0.3, 0.4) is 0 Å². The molecule has 0 radical (unpaired) electrons. The molecule has 6 nitrogen and oxygen atoms in total. The number of carbonyl (C=O) groups excluding carboxylic acids is 2. The Morgan fingerprint density at radius 2 is 1.69 bits per heavy atom. The Kier molecular flexibility index (Phi) is 6.32. The van der Waals surface area contributed by atoms with Crippen LogP contribution in [0.5, 0.6) is 0 Å². The highest BCUT2D eigenvalue weighted by Gasteiger charge is 2.23. The first kappa shape index (κ1) is 20.6. The van der Waals surface area contributed by atoms with Gasteiger partial charge in [-0.15, -0.1) is 0 Å². The van der Waals surface area contributed by atoms with Gasteiger partial charge in [0.15, 0.2) is 5.69 Å². The van der Waals surface area contributed by atoms with Crippen molar-refractivity contribution >= 4 is 23.0 Å². The summed E-state index contributed by atoms with van der Waals surface area (Å²) in [5, 5.41) is 5.97. The lowest BCUT2D eigenvalue weighted by atomic mass is 10.0. The van der Waals surface area contributed by atoms with Crippen LogP contribution < -0.4 is 10.6 Å². The molecule has 0 fully saturated rings. The molecule has 0 aliphatic rings. The van der Waals surface area contributed by atoms with Gasteiger partial charge >= 0.3 is 0 Å². The number of rotatable bonds is 7. The highest BCUT2D eigenvalue weighted by atomic mass is 16.2. The van der Waals surface area contributed by atoms with Crippen molar-refractivity contribution in [2.75, 3.05) is 5.32 Å². The molecule has 3 aromatic rings. The topological polar surface area (TPSA) is 75.5 Å². The first-order valence-electron chi connectivity index (χ1n) is 10.2. The minimum atomic E-state index is -0.313. The Morgan fingerprint density at radius 1 is 1.00 bits per heavy atom. The fourth-order valence-corrected chi connectivity index (χ4v) is 3.33. The van der Waals surface area contributed by atoms with E-state index in [1.807, 2.05) is 44.2 Å². The van der Waals surface area contributed by atoms with Crippen molar-refractivity contribution in [3.05, 3.63) is 65.2 Å². The van der Waals surface area contributed by atoms with E-state index in [-0.39, 0.29) is 29.4 Å². The quantitative estimate of drug-likeness (QED) is 0.631. The zero-order chi connectivity index (χ0) is 21.0. The van der Waals surface area contributed by atoms with Crippen molar-refractivity contribution in [2.45, 2.75) is 53.0 Å². The van der Waals surface area contributed by atoms with E-state index in [0.29, 0.717) is 5.52 Å². The number of para-hydroxylation sites is 1. The number of carbonyl (C=O) groups is 2. The molecule has 2 heterocycles. The monoisotopic (exact) mass is 392 g/mol. The summed E-state index contributed by atoms with van der Waals surface area (Å²) in [5.74, 6) is -0.389. The van der Waals surface area contributed by atoms with Gasteiger partial charge in [-0.25, -0.2) is 4.98 Å². The summed E-state index contributed by atoms with van der Waals surface area (Å²) < 4.78 is 1.67. The highest BCUT2D eigenvalue weighted by Crippen LogP contribution is 2.24. The van der Waals surface area contributed by atoms with Crippen molar-refractivity contribution in [1.29, 1.82) is 0 Å². The summed E-state index contributed by atoms with van der Waals surface area (Å²) >= 11 is 0. The van der Waals surface area contributed by atoms with Gasteiger partial charge in [-0.05, 0) is 49.4 Å². The molecule has 1 unspecified atom stereocenters. The van der Waals surface area contributed by atoms with E-state index in [4.69, 9.17) is 0 Å². The summed E-state index contributed by atoms with van der Waals surface area (Å²) in [7, 11) is 0. The molecule has 1 aromatic carbocycles. The molecule has 0 saturated carbocycles. The summed E-state index contributed by atoms with van der Waals surface area (Å²) in [5.41, 5.74) is 3.84. The second-order valence-corrected chi connectivity index (χ2v) is 7.14. The van der Waals surface area contributed by atoms with Gasteiger partial charge in [0.05, 0.1) is 5.52 Å². The average Bonchev–Trinajstić information content (AvgIpc) is 3.13. The van der Waals surface area contributed by atoms with Crippen molar-refractivity contribution in [3.8, 4) is 0 Å². The SMILES string of the molecule is CCc1cccc(CC)c1NC(=O)c1nc(C(=O)NC(C)CC)n2ccccc12. The largest absolute Gasteiger partial charge is 0.347 e. The number of pyridine rings is 1. The zero-order valence-electron chi connectivity index (χ0n) is 17.5. The third kappa shape index (κ3) is 4.16. The maximum Gasteiger partial charge on any atom is 0.287 e. The first-order valence-corrected chi connectivity index (χ1v) is 10.2. The van der Waals surface area contributed by atoms with Crippen molar-refractivity contribution in [2.24, 2.45) is 0 Å². The van der Waals surface area contributed by atoms with Crippen LogP contribution in [0.4, 0.5) is 5.69 Å². The lowest BCUT2D eigenvalue weighted by Crippen LogP contribution is -2.33. The molecule has 6 heteroatoms. The molecule has 0 saturated heterocycles. The van der Waals surface area contributed by atoms with E-state index in [2.05, 4.69) is 29.5 Å². The normalized spacial score (nSPS) is 12.0.